The Morgan fingerprint density at radius 3 is 1.68 bits per heavy atom. The SMILES string of the molecule is CC1(C)c2ccccc2-c2cccc(-c3ccc(-c4cc(-c5ccc(-c6c7ccccc7cc7c6ccc6ccccc67)cc5)nc(-c5ccccc5)n4)cc3)c21. The summed E-state index contributed by atoms with van der Waals surface area (Å²) in [5.74, 6) is 0.712. The van der Waals surface area contributed by atoms with Gasteiger partial charge in [-0.25, -0.2) is 9.97 Å². The topological polar surface area (TPSA) is 25.8 Å². The van der Waals surface area contributed by atoms with Crippen molar-refractivity contribution in [3.05, 3.63) is 205 Å². The minimum atomic E-state index is -0.0853. The fourth-order valence-electron chi connectivity index (χ4n) is 9.31. The molecule has 2 heteroatoms. The van der Waals surface area contributed by atoms with Gasteiger partial charge in [0.05, 0.1) is 11.4 Å². The Kier molecular flexibility index (Phi) is 7.55. The Labute approximate surface area is 332 Å². The van der Waals surface area contributed by atoms with Crippen LogP contribution in [0.5, 0.6) is 0 Å². The molecule has 10 aromatic rings. The number of rotatable bonds is 5. The molecule has 11 rings (SSSR count). The van der Waals surface area contributed by atoms with Gasteiger partial charge >= 0.3 is 0 Å². The second-order valence-electron chi connectivity index (χ2n) is 15.7. The number of aromatic nitrogens is 2. The third kappa shape index (κ3) is 5.40. The number of fused-ring (bicyclic) bond motifs is 7. The summed E-state index contributed by atoms with van der Waals surface area (Å²) in [5.41, 5.74) is 15.2. The molecule has 0 spiro atoms. The fraction of sp³-hybridized carbons (Fsp3) is 0.0545. The van der Waals surface area contributed by atoms with E-state index in [9.17, 15) is 0 Å². The zero-order valence-electron chi connectivity index (χ0n) is 31.9. The van der Waals surface area contributed by atoms with Gasteiger partial charge in [-0.3, -0.25) is 0 Å². The molecule has 0 atom stereocenters. The molecule has 1 aliphatic rings. The summed E-state index contributed by atoms with van der Waals surface area (Å²) in [4.78, 5) is 10.3. The summed E-state index contributed by atoms with van der Waals surface area (Å²) < 4.78 is 0. The van der Waals surface area contributed by atoms with Crippen molar-refractivity contribution in [1.82, 2.24) is 9.97 Å². The molecule has 1 aromatic heterocycles. The predicted octanol–water partition coefficient (Wildman–Crippen LogP) is 14.6. The van der Waals surface area contributed by atoms with Crippen molar-refractivity contribution < 1.29 is 0 Å². The molecule has 0 fully saturated rings. The van der Waals surface area contributed by atoms with Crippen molar-refractivity contribution in [2.75, 3.05) is 0 Å². The van der Waals surface area contributed by atoms with Gasteiger partial charge in [-0.1, -0.05) is 196 Å². The van der Waals surface area contributed by atoms with Crippen LogP contribution in [0, 0.1) is 0 Å². The molecule has 1 heterocycles. The summed E-state index contributed by atoms with van der Waals surface area (Å²) in [6, 6.07) is 70.1. The third-order valence-electron chi connectivity index (χ3n) is 12.1. The van der Waals surface area contributed by atoms with Gasteiger partial charge in [-0.05, 0) is 89.0 Å². The first-order valence-electron chi connectivity index (χ1n) is 19.7. The number of benzene rings is 9. The van der Waals surface area contributed by atoms with Crippen LogP contribution in [-0.2, 0) is 5.41 Å². The molecule has 1 aliphatic carbocycles. The maximum Gasteiger partial charge on any atom is 0.160 e. The van der Waals surface area contributed by atoms with Crippen molar-refractivity contribution in [1.29, 1.82) is 0 Å². The Bertz CT molecular complexity index is 3180. The monoisotopic (exact) mass is 726 g/mol. The van der Waals surface area contributed by atoms with Crippen molar-refractivity contribution in [3.63, 3.8) is 0 Å². The van der Waals surface area contributed by atoms with Crippen LogP contribution in [-0.4, -0.2) is 9.97 Å². The molecule has 0 bridgehead atoms. The van der Waals surface area contributed by atoms with Gasteiger partial charge in [0.2, 0.25) is 0 Å². The van der Waals surface area contributed by atoms with E-state index < -0.39 is 0 Å². The Balaban J connectivity index is 1.00. The average molecular weight is 727 g/mol. The van der Waals surface area contributed by atoms with Crippen molar-refractivity contribution in [3.8, 4) is 67.3 Å². The summed E-state index contributed by atoms with van der Waals surface area (Å²) in [6.45, 7) is 4.70. The van der Waals surface area contributed by atoms with Gasteiger partial charge in [0.1, 0.15) is 0 Å². The largest absolute Gasteiger partial charge is 0.228 e. The third-order valence-corrected chi connectivity index (χ3v) is 12.1. The van der Waals surface area contributed by atoms with Crippen LogP contribution in [0.3, 0.4) is 0 Å². The quantitative estimate of drug-likeness (QED) is 0.130. The van der Waals surface area contributed by atoms with E-state index in [-0.39, 0.29) is 5.41 Å². The van der Waals surface area contributed by atoms with E-state index in [2.05, 4.69) is 190 Å². The van der Waals surface area contributed by atoms with Crippen LogP contribution in [0.2, 0.25) is 0 Å². The Morgan fingerprint density at radius 2 is 0.930 bits per heavy atom. The average Bonchev–Trinajstić information content (AvgIpc) is 3.51. The molecule has 0 N–H and O–H groups in total. The number of nitrogens with zero attached hydrogens (tertiary/aromatic N) is 2. The highest BCUT2D eigenvalue weighted by atomic mass is 14.9. The second-order valence-corrected chi connectivity index (χ2v) is 15.7. The van der Waals surface area contributed by atoms with E-state index in [0.717, 1.165) is 28.1 Å². The first-order valence-corrected chi connectivity index (χ1v) is 19.7. The fourth-order valence-corrected chi connectivity index (χ4v) is 9.31. The second kappa shape index (κ2) is 13.0. The summed E-state index contributed by atoms with van der Waals surface area (Å²) in [5, 5.41) is 7.55. The van der Waals surface area contributed by atoms with Crippen LogP contribution >= 0.6 is 0 Å². The Hall–Kier alpha value is -7.16. The van der Waals surface area contributed by atoms with Crippen LogP contribution < -0.4 is 0 Å². The summed E-state index contributed by atoms with van der Waals surface area (Å²) in [7, 11) is 0. The van der Waals surface area contributed by atoms with E-state index in [1.807, 2.05) is 18.2 Å². The van der Waals surface area contributed by atoms with Crippen molar-refractivity contribution in [2.24, 2.45) is 0 Å². The van der Waals surface area contributed by atoms with Gasteiger partial charge in [-0.2, -0.15) is 0 Å². The lowest BCUT2D eigenvalue weighted by Crippen LogP contribution is -2.16. The van der Waals surface area contributed by atoms with E-state index >= 15 is 0 Å². The maximum absolute atomic E-state index is 5.16. The van der Waals surface area contributed by atoms with Crippen LogP contribution in [0.4, 0.5) is 0 Å². The standard InChI is InChI=1S/C55H38N2/c1-55(2)49-22-11-10-19-45(49)47-21-12-20-44(53(47)55)36-23-25-37(26-24-36)50-34-51(57-54(56-50)40-14-4-3-5-15-40)38-27-29-39(30-28-38)52-43-18-9-7-16-41(43)33-48-42-17-8-6-13-35(42)31-32-46(48)52/h3-34H,1-2H3. The molecule has 0 aliphatic heterocycles. The predicted molar refractivity (Wildman–Crippen MR) is 239 cm³/mol. The molecule has 0 unspecified atom stereocenters. The molecular formula is C55H38N2. The normalized spacial score (nSPS) is 12.9. The molecule has 0 radical (unpaired) electrons. The number of hydrogen-bond acceptors (Lipinski definition) is 2. The minimum absolute atomic E-state index is 0.0853. The smallest absolute Gasteiger partial charge is 0.160 e. The number of hydrogen-bond donors (Lipinski definition) is 0. The highest BCUT2D eigenvalue weighted by Gasteiger charge is 2.37. The molecule has 57 heavy (non-hydrogen) atoms. The maximum atomic E-state index is 5.16. The summed E-state index contributed by atoms with van der Waals surface area (Å²) in [6.07, 6.45) is 0. The van der Waals surface area contributed by atoms with E-state index in [0.29, 0.717) is 5.82 Å². The molecule has 0 saturated carbocycles. The molecule has 0 saturated heterocycles. The lowest BCUT2D eigenvalue weighted by Gasteiger charge is -2.24. The minimum Gasteiger partial charge on any atom is -0.228 e. The molecular weight excluding hydrogens is 689 g/mol. The van der Waals surface area contributed by atoms with Gasteiger partial charge in [0, 0.05) is 22.1 Å². The molecule has 0 amide bonds. The zero-order valence-corrected chi connectivity index (χ0v) is 31.9. The lowest BCUT2D eigenvalue weighted by atomic mass is 9.79. The summed E-state index contributed by atoms with van der Waals surface area (Å²) >= 11 is 0. The van der Waals surface area contributed by atoms with Crippen LogP contribution in [0.1, 0.15) is 25.0 Å². The van der Waals surface area contributed by atoms with Crippen LogP contribution in [0.25, 0.3) is 99.6 Å². The molecule has 268 valence electrons. The van der Waals surface area contributed by atoms with Gasteiger partial charge in [-0.15, -0.1) is 0 Å². The van der Waals surface area contributed by atoms with Gasteiger partial charge < -0.3 is 0 Å². The lowest BCUT2D eigenvalue weighted by molar-refractivity contribution is 0.662. The Morgan fingerprint density at radius 1 is 0.351 bits per heavy atom. The van der Waals surface area contributed by atoms with E-state index in [1.165, 1.54) is 76.8 Å². The first kappa shape index (κ1) is 33.2. The van der Waals surface area contributed by atoms with Crippen molar-refractivity contribution in [2.45, 2.75) is 19.3 Å². The molecule has 2 nitrogen and oxygen atoms in total. The van der Waals surface area contributed by atoms with Crippen LogP contribution in [0.15, 0.2) is 194 Å². The zero-order chi connectivity index (χ0) is 38.1. The highest BCUT2D eigenvalue weighted by Crippen LogP contribution is 2.52. The van der Waals surface area contributed by atoms with E-state index in [1.54, 1.807) is 0 Å². The van der Waals surface area contributed by atoms with Gasteiger partial charge in [0.25, 0.3) is 0 Å². The van der Waals surface area contributed by atoms with Gasteiger partial charge in [0.15, 0.2) is 5.82 Å². The van der Waals surface area contributed by atoms with Crippen molar-refractivity contribution >= 4 is 32.3 Å². The highest BCUT2D eigenvalue weighted by molar-refractivity contribution is 6.20. The van der Waals surface area contributed by atoms with E-state index in [4.69, 9.17) is 9.97 Å². The first-order chi connectivity index (χ1) is 28.0. The molecule has 9 aromatic carbocycles.